The topological polar surface area (TPSA) is 13.1 Å². The van der Waals surface area contributed by atoms with Crippen LogP contribution in [0.15, 0.2) is 65.1 Å². The van der Waals surface area contributed by atoms with Crippen LogP contribution >= 0.6 is 22.6 Å². The first kappa shape index (κ1) is 14.0. The molecule has 2 heteroatoms. The monoisotopic (exact) mass is 384 g/mol. The van der Waals surface area contributed by atoms with Crippen molar-refractivity contribution in [3.8, 4) is 23.2 Å². The molecule has 0 saturated heterocycles. The Kier molecular flexibility index (Phi) is 4.12. The molecule has 102 valence electrons. The van der Waals surface area contributed by atoms with E-state index >= 15 is 0 Å². The van der Waals surface area contributed by atoms with Gasteiger partial charge in [-0.05, 0) is 41.6 Å². The van der Waals surface area contributed by atoms with E-state index < -0.39 is 0 Å². The number of aryl methyl sites for hydroxylation is 1. The molecule has 1 heterocycles. The molecule has 0 bridgehead atoms. The van der Waals surface area contributed by atoms with Gasteiger partial charge in [-0.3, -0.25) is 0 Å². The third-order valence-corrected chi connectivity index (χ3v) is 4.20. The van der Waals surface area contributed by atoms with Crippen LogP contribution in [0.1, 0.15) is 16.9 Å². The highest BCUT2D eigenvalue weighted by Gasteiger charge is 2.15. The normalized spacial score (nSPS) is 10.0. The quantitative estimate of drug-likeness (QED) is 0.412. The number of benzene rings is 2. The highest BCUT2D eigenvalue weighted by Crippen LogP contribution is 2.31. The molecule has 1 nitrogen and oxygen atoms in total. The summed E-state index contributed by atoms with van der Waals surface area (Å²) in [4.78, 5) is 0. The number of furan rings is 1. The van der Waals surface area contributed by atoms with Crippen LogP contribution in [0, 0.1) is 22.3 Å². The minimum Gasteiger partial charge on any atom is -0.459 e. The van der Waals surface area contributed by atoms with E-state index in [1.807, 2.05) is 55.5 Å². The molecule has 0 fully saturated rings. The van der Waals surface area contributed by atoms with Gasteiger partial charge in [-0.15, -0.1) is 0 Å². The molecule has 0 N–H and O–H groups in total. The van der Waals surface area contributed by atoms with E-state index in [4.69, 9.17) is 4.42 Å². The average molecular weight is 384 g/mol. The van der Waals surface area contributed by atoms with Gasteiger partial charge >= 0.3 is 0 Å². The molecule has 1 aromatic heterocycles. The lowest BCUT2D eigenvalue weighted by Crippen LogP contribution is -1.80. The van der Waals surface area contributed by atoms with Gasteiger partial charge in [0, 0.05) is 11.1 Å². The Morgan fingerprint density at radius 3 is 2.14 bits per heavy atom. The van der Waals surface area contributed by atoms with Gasteiger partial charge < -0.3 is 4.42 Å². The molecule has 0 aliphatic carbocycles. The van der Waals surface area contributed by atoms with Gasteiger partial charge in [0.15, 0.2) is 0 Å². The summed E-state index contributed by atoms with van der Waals surface area (Å²) in [6.07, 6.45) is 0. The van der Waals surface area contributed by atoms with Crippen molar-refractivity contribution in [1.29, 1.82) is 0 Å². The average Bonchev–Trinajstić information content (AvgIpc) is 2.82. The molecule has 0 spiro atoms. The van der Waals surface area contributed by atoms with E-state index in [0.29, 0.717) is 0 Å². The van der Waals surface area contributed by atoms with Crippen LogP contribution in [0.5, 0.6) is 0 Å². The number of hydrogen-bond acceptors (Lipinski definition) is 1. The molecule has 21 heavy (non-hydrogen) atoms. The van der Waals surface area contributed by atoms with Gasteiger partial charge in [0.2, 0.25) is 0 Å². The number of hydrogen-bond donors (Lipinski definition) is 0. The first-order valence-electron chi connectivity index (χ1n) is 6.67. The first-order chi connectivity index (χ1) is 10.3. The number of halogens is 1. The van der Waals surface area contributed by atoms with Gasteiger partial charge in [-0.2, -0.15) is 0 Å². The Labute approximate surface area is 138 Å². The van der Waals surface area contributed by atoms with Crippen molar-refractivity contribution >= 4 is 22.6 Å². The maximum Gasteiger partial charge on any atom is 0.148 e. The van der Waals surface area contributed by atoms with E-state index in [0.717, 1.165) is 31.8 Å². The largest absolute Gasteiger partial charge is 0.459 e. The maximum absolute atomic E-state index is 5.91. The number of rotatable bonds is 1. The molecule has 3 aromatic rings. The fourth-order valence-electron chi connectivity index (χ4n) is 2.09. The molecule has 0 atom stereocenters. The summed E-state index contributed by atoms with van der Waals surface area (Å²) in [5.41, 5.74) is 3.06. The first-order valence-corrected chi connectivity index (χ1v) is 7.75. The van der Waals surface area contributed by atoms with Gasteiger partial charge in [-0.1, -0.05) is 60.4 Å². The van der Waals surface area contributed by atoms with Gasteiger partial charge in [0.05, 0.1) is 9.13 Å². The van der Waals surface area contributed by atoms with Crippen LogP contribution < -0.4 is 0 Å². The highest BCUT2D eigenvalue weighted by molar-refractivity contribution is 14.1. The Morgan fingerprint density at radius 1 is 0.857 bits per heavy atom. The fraction of sp³-hybridized carbons (Fsp3) is 0.0526. The van der Waals surface area contributed by atoms with Gasteiger partial charge in [0.1, 0.15) is 11.5 Å². The standard InChI is InChI=1S/C19H13IO/c1-14-17(13-12-15-8-4-2-5-9-15)18(20)19(21-14)16-10-6-3-7-11-16/h2-11H,1H3. The van der Waals surface area contributed by atoms with E-state index in [2.05, 4.69) is 46.6 Å². The summed E-state index contributed by atoms with van der Waals surface area (Å²) in [7, 11) is 0. The van der Waals surface area contributed by atoms with Crippen LogP contribution in [-0.2, 0) is 0 Å². The molecule has 3 rings (SSSR count). The predicted molar refractivity (Wildman–Crippen MR) is 94.0 cm³/mol. The van der Waals surface area contributed by atoms with Crippen LogP contribution in [0.25, 0.3) is 11.3 Å². The lowest BCUT2D eigenvalue weighted by molar-refractivity contribution is 0.546. The molecule has 0 saturated carbocycles. The van der Waals surface area contributed by atoms with Crippen molar-refractivity contribution in [2.45, 2.75) is 6.92 Å². The van der Waals surface area contributed by atoms with Crippen molar-refractivity contribution in [1.82, 2.24) is 0 Å². The second-order valence-corrected chi connectivity index (χ2v) is 5.74. The summed E-state index contributed by atoms with van der Waals surface area (Å²) in [5.74, 6) is 8.19. The summed E-state index contributed by atoms with van der Waals surface area (Å²) in [6, 6.07) is 20.1. The van der Waals surface area contributed by atoms with Crippen LogP contribution in [0.3, 0.4) is 0 Å². The second-order valence-electron chi connectivity index (χ2n) is 4.66. The smallest absolute Gasteiger partial charge is 0.148 e. The summed E-state index contributed by atoms with van der Waals surface area (Å²) in [6.45, 7) is 1.96. The minimum atomic E-state index is 0.863. The maximum atomic E-state index is 5.91. The zero-order valence-corrected chi connectivity index (χ0v) is 13.7. The zero-order chi connectivity index (χ0) is 14.7. The minimum absolute atomic E-state index is 0.863. The second kappa shape index (κ2) is 6.19. The molecule has 0 amide bonds. The Morgan fingerprint density at radius 2 is 1.48 bits per heavy atom. The van der Waals surface area contributed by atoms with Gasteiger partial charge in [-0.25, -0.2) is 0 Å². The van der Waals surface area contributed by atoms with Crippen LogP contribution in [0.2, 0.25) is 0 Å². The molecule has 0 aliphatic heterocycles. The van der Waals surface area contributed by atoms with Crippen molar-refractivity contribution in [2.75, 3.05) is 0 Å². The van der Waals surface area contributed by atoms with E-state index in [-0.39, 0.29) is 0 Å². The lowest BCUT2D eigenvalue weighted by Gasteiger charge is -1.96. The summed E-state index contributed by atoms with van der Waals surface area (Å²) >= 11 is 2.31. The van der Waals surface area contributed by atoms with Crippen LogP contribution in [-0.4, -0.2) is 0 Å². The Bertz CT molecular complexity index is 805. The van der Waals surface area contributed by atoms with E-state index in [1.165, 1.54) is 0 Å². The Balaban J connectivity index is 2.02. The van der Waals surface area contributed by atoms with Crippen molar-refractivity contribution in [2.24, 2.45) is 0 Å². The lowest BCUT2D eigenvalue weighted by atomic mass is 10.1. The zero-order valence-electron chi connectivity index (χ0n) is 11.6. The molecule has 2 aromatic carbocycles. The SMILES string of the molecule is Cc1oc(-c2ccccc2)c(I)c1C#Cc1ccccc1. The van der Waals surface area contributed by atoms with Gasteiger partial charge in [0.25, 0.3) is 0 Å². The molecular formula is C19H13IO. The predicted octanol–water partition coefficient (Wildman–Crippen LogP) is 5.26. The molecule has 0 aliphatic rings. The van der Waals surface area contributed by atoms with Crippen LogP contribution in [0.4, 0.5) is 0 Å². The summed E-state index contributed by atoms with van der Waals surface area (Å²) < 4.78 is 6.98. The van der Waals surface area contributed by atoms with Crippen molar-refractivity contribution in [3.05, 3.63) is 81.1 Å². The van der Waals surface area contributed by atoms with Crippen molar-refractivity contribution in [3.63, 3.8) is 0 Å². The highest BCUT2D eigenvalue weighted by atomic mass is 127. The third-order valence-electron chi connectivity index (χ3n) is 3.17. The Hall–Kier alpha value is -1.99. The molecule has 0 unspecified atom stereocenters. The molecule has 0 radical (unpaired) electrons. The molecular weight excluding hydrogens is 371 g/mol. The van der Waals surface area contributed by atoms with E-state index in [1.54, 1.807) is 0 Å². The van der Waals surface area contributed by atoms with E-state index in [9.17, 15) is 0 Å². The fourth-order valence-corrected chi connectivity index (χ4v) is 3.03. The third kappa shape index (κ3) is 3.03. The summed E-state index contributed by atoms with van der Waals surface area (Å²) in [5, 5.41) is 0. The van der Waals surface area contributed by atoms with Crippen molar-refractivity contribution < 1.29 is 4.42 Å².